The molecular formula is C34H40N2O7. The number of amides is 1. The van der Waals surface area contributed by atoms with Crippen molar-refractivity contribution in [3.8, 4) is 11.1 Å². The Morgan fingerprint density at radius 2 is 1.60 bits per heavy atom. The quantitative estimate of drug-likeness (QED) is 0.281. The number of hydrogen-bond donors (Lipinski definition) is 3. The summed E-state index contributed by atoms with van der Waals surface area (Å²) in [6, 6.07) is 24.0. The summed E-state index contributed by atoms with van der Waals surface area (Å²) in [5, 5.41) is 21.2. The fourth-order valence-corrected chi connectivity index (χ4v) is 5.56. The first-order valence-electron chi connectivity index (χ1n) is 15.0. The van der Waals surface area contributed by atoms with Crippen LogP contribution in [0.3, 0.4) is 0 Å². The molecule has 3 atom stereocenters. The Kier molecular flexibility index (Phi) is 10.9. The minimum atomic E-state index is -0.898. The molecule has 9 heteroatoms. The zero-order chi connectivity index (χ0) is 30.0. The Morgan fingerprint density at radius 1 is 0.884 bits per heavy atom. The molecule has 0 saturated carbocycles. The summed E-state index contributed by atoms with van der Waals surface area (Å²) >= 11 is 0. The van der Waals surface area contributed by atoms with E-state index in [1.807, 2.05) is 72.8 Å². The number of hydrogen-bond acceptors (Lipinski definition) is 7. The Labute approximate surface area is 252 Å². The summed E-state index contributed by atoms with van der Waals surface area (Å²) in [5.41, 5.74) is 5.85. The molecule has 2 aliphatic rings. The third-order valence-corrected chi connectivity index (χ3v) is 7.96. The summed E-state index contributed by atoms with van der Waals surface area (Å²) < 4.78 is 18.6. The molecule has 3 N–H and O–H groups in total. The van der Waals surface area contributed by atoms with E-state index < -0.39 is 12.3 Å². The molecule has 0 aliphatic carbocycles. The summed E-state index contributed by atoms with van der Waals surface area (Å²) in [6.07, 6.45) is 0.532. The molecular weight excluding hydrogens is 548 g/mol. The van der Waals surface area contributed by atoms with Crippen molar-refractivity contribution in [1.82, 2.24) is 10.2 Å². The summed E-state index contributed by atoms with van der Waals surface area (Å²) in [6.45, 7) is 4.41. The maximum atomic E-state index is 12.2. The largest absolute Gasteiger partial charge is 0.481 e. The van der Waals surface area contributed by atoms with Gasteiger partial charge in [-0.15, -0.1) is 0 Å². The highest BCUT2D eigenvalue weighted by Gasteiger charge is 2.33. The second-order valence-corrected chi connectivity index (χ2v) is 11.1. The Balaban J connectivity index is 1.29. The normalized spacial score (nSPS) is 20.9. The Bertz CT molecular complexity index is 1340. The first-order valence-corrected chi connectivity index (χ1v) is 15.0. The van der Waals surface area contributed by atoms with Crippen LogP contribution in [0.5, 0.6) is 0 Å². The number of carboxylic acid groups (broad SMARTS) is 1. The van der Waals surface area contributed by atoms with Crippen molar-refractivity contribution in [3.05, 3.63) is 95.1 Å². The monoisotopic (exact) mass is 588 g/mol. The molecule has 3 aromatic carbocycles. The summed E-state index contributed by atoms with van der Waals surface area (Å²) in [7, 11) is 0. The minimum absolute atomic E-state index is 0.00579. The van der Waals surface area contributed by atoms with Crippen molar-refractivity contribution in [2.75, 3.05) is 32.8 Å². The lowest BCUT2D eigenvalue weighted by molar-refractivity contribution is -0.253. The van der Waals surface area contributed by atoms with Gasteiger partial charge in [0.1, 0.15) is 0 Å². The van der Waals surface area contributed by atoms with Crippen molar-refractivity contribution in [3.63, 3.8) is 0 Å². The molecule has 3 aromatic rings. The average Bonchev–Trinajstić information content (AvgIpc) is 3.04. The van der Waals surface area contributed by atoms with Crippen LogP contribution < -0.4 is 5.32 Å². The van der Waals surface area contributed by atoms with E-state index in [0.29, 0.717) is 13.0 Å². The van der Waals surface area contributed by atoms with Crippen LogP contribution in [0.15, 0.2) is 72.8 Å². The van der Waals surface area contributed by atoms with Crippen LogP contribution in [0.1, 0.15) is 60.3 Å². The number of carbonyl (C=O) groups is 2. The number of morpholine rings is 1. The van der Waals surface area contributed by atoms with E-state index in [1.54, 1.807) is 0 Å². The van der Waals surface area contributed by atoms with E-state index in [0.717, 1.165) is 72.6 Å². The molecule has 2 saturated heterocycles. The maximum absolute atomic E-state index is 12.2. The second-order valence-electron chi connectivity index (χ2n) is 11.1. The number of rotatable bonds is 12. The molecule has 2 fully saturated rings. The lowest BCUT2D eigenvalue weighted by Crippen LogP contribution is -2.44. The van der Waals surface area contributed by atoms with Gasteiger partial charge >= 0.3 is 5.97 Å². The number of aliphatic hydroxyl groups excluding tert-OH is 1. The van der Waals surface area contributed by atoms with Gasteiger partial charge in [-0.2, -0.15) is 0 Å². The number of ether oxygens (including phenoxy) is 3. The highest BCUT2D eigenvalue weighted by molar-refractivity contribution is 5.77. The van der Waals surface area contributed by atoms with Gasteiger partial charge in [0.15, 0.2) is 6.29 Å². The first kappa shape index (κ1) is 30.8. The molecule has 2 heterocycles. The number of carbonyl (C=O) groups excluding carboxylic acids is 1. The first-order chi connectivity index (χ1) is 21.0. The van der Waals surface area contributed by atoms with E-state index in [1.165, 1.54) is 0 Å². The molecule has 0 unspecified atom stereocenters. The van der Waals surface area contributed by atoms with Gasteiger partial charge < -0.3 is 29.7 Å². The molecule has 43 heavy (non-hydrogen) atoms. The molecule has 9 nitrogen and oxygen atoms in total. The summed E-state index contributed by atoms with van der Waals surface area (Å²) in [5.74, 6) is -1.06. The topological polar surface area (TPSA) is 118 Å². The van der Waals surface area contributed by atoms with Crippen LogP contribution >= 0.6 is 0 Å². The highest BCUT2D eigenvalue weighted by atomic mass is 16.7. The third-order valence-electron chi connectivity index (χ3n) is 7.96. The molecule has 228 valence electrons. The molecule has 0 bridgehead atoms. The van der Waals surface area contributed by atoms with Gasteiger partial charge in [0.05, 0.1) is 32.0 Å². The maximum Gasteiger partial charge on any atom is 0.303 e. The lowest BCUT2D eigenvalue weighted by Gasteiger charge is -2.39. The zero-order valence-corrected chi connectivity index (χ0v) is 24.3. The van der Waals surface area contributed by atoms with Crippen molar-refractivity contribution in [1.29, 1.82) is 0 Å². The molecule has 1 amide bonds. The highest BCUT2D eigenvalue weighted by Crippen LogP contribution is 2.39. The fraction of sp³-hybridized carbons (Fsp3) is 0.412. The predicted molar refractivity (Wildman–Crippen MR) is 161 cm³/mol. The lowest BCUT2D eigenvalue weighted by atomic mass is 9.97. The van der Waals surface area contributed by atoms with Crippen LogP contribution in [0.4, 0.5) is 0 Å². The van der Waals surface area contributed by atoms with Gasteiger partial charge in [-0.3, -0.25) is 14.5 Å². The van der Waals surface area contributed by atoms with E-state index in [2.05, 4.69) is 10.2 Å². The van der Waals surface area contributed by atoms with Crippen LogP contribution in [0.2, 0.25) is 0 Å². The van der Waals surface area contributed by atoms with E-state index >= 15 is 0 Å². The molecule has 0 radical (unpaired) electrons. The van der Waals surface area contributed by atoms with E-state index in [4.69, 9.17) is 19.3 Å². The van der Waals surface area contributed by atoms with Crippen LogP contribution in [0, 0.1) is 0 Å². The predicted octanol–water partition coefficient (Wildman–Crippen LogP) is 4.59. The van der Waals surface area contributed by atoms with Gasteiger partial charge in [-0.1, -0.05) is 72.8 Å². The van der Waals surface area contributed by atoms with Gasteiger partial charge in [0, 0.05) is 51.0 Å². The number of aliphatic carboxylic acids is 1. The zero-order valence-electron chi connectivity index (χ0n) is 24.3. The number of nitrogens with one attached hydrogen (secondary N) is 1. The minimum Gasteiger partial charge on any atom is -0.481 e. The van der Waals surface area contributed by atoms with Crippen LogP contribution in [0.25, 0.3) is 11.1 Å². The van der Waals surface area contributed by atoms with Crippen LogP contribution in [-0.2, 0) is 37.0 Å². The molecule has 5 rings (SSSR count). The number of carboxylic acids is 1. The van der Waals surface area contributed by atoms with Crippen molar-refractivity contribution in [2.24, 2.45) is 0 Å². The van der Waals surface area contributed by atoms with Gasteiger partial charge in [0.2, 0.25) is 5.91 Å². The SMILES string of the molecule is O=C(O)CCCC(=O)NCc1ccccc1-c1ccc([C@H]2O[C@@H](CN3CCOCC3)C[C@@H](c3ccc(CO)cc3)O2)cc1. The van der Waals surface area contributed by atoms with Crippen molar-refractivity contribution >= 4 is 11.9 Å². The van der Waals surface area contributed by atoms with Gasteiger partial charge in [-0.25, -0.2) is 0 Å². The summed E-state index contributed by atoms with van der Waals surface area (Å²) in [4.78, 5) is 25.3. The van der Waals surface area contributed by atoms with Crippen molar-refractivity contribution < 1.29 is 34.0 Å². The molecule has 2 aliphatic heterocycles. The number of nitrogens with zero attached hydrogens (tertiary/aromatic N) is 1. The van der Waals surface area contributed by atoms with E-state index in [-0.39, 0.29) is 37.6 Å². The molecule has 0 spiro atoms. The average molecular weight is 589 g/mol. The Hall–Kier alpha value is -3.60. The van der Waals surface area contributed by atoms with Gasteiger partial charge in [0.25, 0.3) is 0 Å². The van der Waals surface area contributed by atoms with Gasteiger partial charge in [-0.05, 0) is 34.2 Å². The van der Waals surface area contributed by atoms with Crippen LogP contribution in [-0.4, -0.2) is 65.9 Å². The number of benzene rings is 3. The number of aliphatic hydroxyl groups is 1. The standard InChI is InChI=1S/C34H40N2O7/c37-23-24-8-10-26(11-9-24)31-20-29(22-36-16-18-41-19-17-36)42-34(43-31)27-14-12-25(13-15-27)30-5-2-1-4-28(30)21-35-32(38)6-3-7-33(39)40/h1-2,4-5,8-15,29,31,34,37H,3,6-7,16-23H2,(H,35,38)(H,39,40)/t29-,31+,34+/m1/s1. The second kappa shape index (κ2) is 15.2. The van der Waals surface area contributed by atoms with E-state index in [9.17, 15) is 14.7 Å². The third kappa shape index (κ3) is 8.72. The smallest absolute Gasteiger partial charge is 0.303 e. The molecule has 0 aromatic heterocycles. The Morgan fingerprint density at radius 3 is 2.33 bits per heavy atom. The van der Waals surface area contributed by atoms with Crippen molar-refractivity contribution in [2.45, 2.75) is 57.3 Å². The fourth-order valence-electron chi connectivity index (χ4n) is 5.56.